The van der Waals surface area contributed by atoms with Gasteiger partial charge in [-0.25, -0.2) is 9.82 Å². The lowest BCUT2D eigenvalue weighted by Gasteiger charge is -2.09. The summed E-state index contributed by atoms with van der Waals surface area (Å²) in [5.74, 6) is -2.30. The zero-order valence-electron chi connectivity index (χ0n) is 13.6. The summed E-state index contributed by atoms with van der Waals surface area (Å²) in [5.41, 5.74) is 0.343. The number of halogens is 5. The van der Waals surface area contributed by atoms with Crippen LogP contribution >= 0.6 is 34.3 Å². The number of carbonyl (C=O) groups is 2. The largest absolute Gasteiger partial charge is 0.431 e. The molecular weight excluding hydrogens is 440 g/mol. The monoisotopic (exact) mass is 448 g/mol. The highest BCUT2D eigenvalue weighted by Gasteiger charge is 2.37. The third-order valence-corrected chi connectivity index (χ3v) is 6.11. The summed E-state index contributed by atoms with van der Waals surface area (Å²) in [5, 5.41) is 5.04. The third kappa shape index (κ3) is 4.40. The molecule has 1 N–H and O–H groups in total. The first-order valence-electron chi connectivity index (χ1n) is 7.55. The van der Waals surface area contributed by atoms with Crippen LogP contribution in [0.2, 0.25) is 5.02 Å². The van der Waals surface area contributed by atoms with Gasteiger partial charge in [0.25, 0.3) is 5.91 Å². The lowest BCUT2D eigenvalue weighted by Crippen LogP contribution is -2.30. The molecule has 0 fully saturated rings. The molecule has 0 saturated heterocycles. The van der Waals surface area contributed by atoms with E-state index in [2.05, 4.69) is 5.10 Å². The first-order valence-corrected chi connectivity index (χ1v) is 9.62. The Morgan fingerprint density at radius 3 is 2.61 bits per heavy atom. The number of ketones is 1. The number of hydrogen-bond donors (Lipinski definition) is 1. The Morgan fingerprint density at radius 1 is 1.21 bits per heavy atom. The molecule has 0 radical (unpaired) electrons. The quantitative estimate of drug-likeness (QED) is 0.236. The van der Waals surface area contributed by atoms with Gasteiger partial charge in [-0.1, -0.05) is 17.7 Å². The van der Waals surface area contributed by atoms with E-state index in [4.69, 9.17) is 11.6 Å². The minimum atomic E-state index is -4.91. The van der Waals surface area contributed by atoms with Crippen LogP contribution in [0, 0.1) is 5.82 Å². The molecule has 2 aromatic heterocycles. The number of hydrazone groups is 1. The van der Waals surface area contributed by atoms with Crippen molar-refractivity contribution in [3.05, 3.63) is 56.3 Å². The smallest absolute Gasteiger partial charge is 0.293 e. The highest BCUT2D eigenvalue weighted by atomic mass is 35.5. The average molecular weight is 449 g/mol. The highest BCUT2D eigenvalue weighted by molar-refractivity contribution is 7.21. The van der Waals surface area contributed by atoms with Crippen molar-refractivity contribution in [3.63, 3.8) is 0 Å². The second-order valence-electron chi connectivity index (χ2n) is 5.46. The van der Waals surface area contributed by atoms with Crippen LogP contribution in [0.15, 0.2) is 40.8 Å². The molecule has 0 aliphatic heterocycles. The highest BCUT2D eigenvalue weighted by Crippen LogP contribution is 2.35. The Labute approximate surface area is 168 Å². The van der Waals surface area contributed by atoms with E-state index >= 15 is 0 Å². The molecule has 0 spiro atoms. The topological polar surface area (TPSA) is 58.5 Å². The molecular formula is C17H9ClF4N2O2S2. The van der Waals surface area contributed by atoms with Crippen LogP contribution in [0.4, 0.5) is 17.6 Å². The minimum Gasteiger partial charge on any atom is -0.293 e. The Balaban J connectivity index is 1.83. The number of rotatable bonds is 5. The minimum absolute atomic E-state index is 0.0177. The first kappa shape index (κ1) is 20.4. The normalized spacial score (nSPS) is 12.4. The van der Waals surface area contributed by atoms with Crippen LogP contribution in [0.3, 0.4) is 0 Å². The molecule has 1 aromatic carbocycles. The van der Waals surface area contributed by atoms with Gasteiger partial charge in [-0.15, -0.1) is 22.7 Å². The number of alkyl halides is 3. The maximum atomic E-state index is 13.3. The summed E-state index contributed by atoms with van der Waals surface area (Å²) < 4.78 is 53.2. The van der Waals surface area contributed by atoms with Crippen molar-refractivity contribution in [1.82, 2.24) is 5.43 Å². The van der Waals surface area contributed by atoms with E-state index in [1.165, 1.54) is 18.2 Å². The summed E-state index contributed by atoms with van der Waals surface area (Å²) in [6.45, 7) is 0. The average Bonchev–Trinajstić information content (AvgIpc) is 3.25. The van der Waals surface area contributed by atoms with Gasteiger partial charge in [0.1, 0.15) is 16.4 Å². The number of carbonyl (C=O) groups excluding carboxylic acids is 2. The van der Waals surface area contributed by atoms with E-state index in [1.54, 1.807) is 10.8 Å². The zero-order valence-corrected chi connectivity index (χ0v) is 16.0. The van der Waals surface area contributed by atoms with Gasteiger partial charge in [-0.2, -0.15) is 18.3 Å². The van der Waals surface area contributed by atoms with Gasteiger partial charge in [0.15, 0.2) is 5.78 Å². The maximum absolute atomic E-state index is 13.3. The van der Waals surface area contributed by atoms with Crippen LogP contribution in [-0.4, -0.2) is 23.6 Å². The third-order valence-electron chi connectivity index (χ3n) is 3.54. The molecule has 3 rings (SSSR count). The fourth-order valence-corrected chi connectivity index (χ4v) is 4.33. The Kier molecular flexibility index (Phi) is 5.82. The molecule has 1 amide bonds. The van der Waals surface area contributed by atoms with Crippen molar-refractivity contribution in [2.45, 2.75) is 12.6 Å². The standard InChI is InChI=1S/C17H9ClF4N2O2S2/c18-14-9-4-3-8(19)6-12(9)28-15(14)16(26)24-23-13(17(20,21)22)7-10(25)11-2-1-5-27-11/h1-6H,7H2,(H,24,26)/b23-13+. The van der Waals surface area contributed by atoms with Crippen molar-refractivity contribution in [1.29, 1.82) is 0 Å². The molecule has 0 bridgehead atoms. The van der Waals surface area contributed by atoms with E-state index in [-0.39, 0.29) is 14.8 Å². The molecule has 146 valence electrons. The molecule has 0 aliphatic rings. The maximum Gasteiger partial charge on any atom is 0.431 e. The number of Topliss-reactive ketones (excluding diaryl/α,β-unsaturated/α-hetero) is 1. The van der Waals surface area contributed by atoms with Gasteiger partial charge in [-0.3, -0.25) is 9.59 Å². The SMILES string of the molecule is O=C(C/C(=N\NC(=O)c1sc2cc(F)ccc2c1Cl)C(F)(F)F)c1cccs1. The van der Waals surface area contributed by atoms with Crippen molar-refractivity contribution < 1.29 is 27.2 Å². The summed E-state index contributed by atoms with van der Waals surface area (Å²) in [4.78, 5) is 24.2. The number of fused-ring (bicyclic) bond motifs is 1. The Bertz CT molecular complexity index is 1070. The van der Waals surface area contributed by atoms with Gasteiger partial charge in [-0.05, 0) is 29.6 Å². The molecule has 3 aromatic rings. The number of nitrogens with zero attached hydrogens (tertiary/aromatic N) is 1. The second kappa shape index (κ2) is 7.98. The first-order chi connectivity index (χ1) is 13.2. The molecule has 0 unspecified atom stereocenters. The van der Waals surface area contributed by atoms with E-state index in [0.29, 0.717) is 10.1 Å². The Morgan fingerprint density at radius 2 is 1.96 bits per heavy atom. The van der Waals surface area contributed by atoms with Crippen LogP contribution in [0.1, 0.15) is 25.8 Å². The van der Waals surface area contributed by atoms with Crippen LogP contribution in [0.25, 0.3) is 10.1 Å². The molecule has 0 aliphatic carbocycles. The van der Waals surface area contributed by atoms with Gasteiger partial charge in [0.05, 0.1) is 16.3 Å². The predicted octanol–water partition coefficient (Wildman–Crippen LogP) is 5.68. The fraction of sp³-hybridized carbons (Fsp3) is 0.118. The second-order valence-corrected chi connectivity index (χ2v) is 7.84. The van der Waals surface area contributed by atoms with Crippen LogP contribution in [0.5, 0.6) is 0 Å². The molecule has 0 atom stereocenters. The van der Waals surface area contributed by atoms with Crippen molar-refractivity contribution in [2.24, 2.45) is 5.10 Å². The summed E-state index contributed by atoms with van der Waals surface area (Å²) in [7, 11) is 0. The van der Waals surface area contributed by atoms with Crippen molar-refractivity contribution in [2.75, 3.05) is 0 Å². The van der Waals surface area contributed by atoms with E-state index in [0.717, 1.165) is 34.8 Å². The summed E-state index contributed by atoms with van der Waals surface area (Å²) >= 11 is 7.89. The molecule has 4 nitrogen and oxygen atoms in total. The van der Waals surface area contributed by atoms with Crippen LogP contribution in [-0.2, 0) is 0 Å². The molecule has 11 heteroatoms. The van der Waals surface area contributed by atoms with Gasteiger partial charge >= 0.3 is 6.18 Å². The number of hydrogen-bond acceptors (Lipinski definition) is 5. The van der Waals surface area contributed by atoms with E-state index in [9.17, 15) is 27.2 Å². The summed E-state index contributed by atoms with van der Waals surface area (Å²) in [6.07, 6.45) is -5.93. The van der Waals surface area contributed by atoms with Gasteiger partial charge < -0.3 is 0 Å². The van der Waals surface area contributed by atoms with Gasteiger partial charge in [0, 0.05) is 10.1 Å². The van der Waals surface area contributed by atoms with Crippen molar-refractivity contribution in [3.8, 4) is 0 Å². The van der Waals surface area contributed by atoms with E-state index < -0.39 is 35.8 Å². The number of thiophene rings is 2. The molecule has 0 saturated carbocycles. The number of benzene rings is 1. The van der Waals surface area contributed by atoms with E-state index in [1.807, 2.05) is 0 Å². The Hall–Kier alpha value is -2.30. The van der Waals surface area contributed by atoms with Gasteiger partial charge in [0.2, 0.25) is 0 Å². The number of nitrogens with one attached hydrogen (secondary N) is 1. The fourth-order valence-electron chi connectivity index (χ4n) is 2.23. The number of amides is 1. The molecule has 2 heterocycles. The van der Waals surface area contributed by atoms with Crippen molar-refractivity contribution >= 4 is 61.8 Å². The lowest BCUT2D eigenvalue weighted by molar-refractivity contribution is -0.0605. The lowest BCUT2D eigenvalue weighted by atomic mass is 10.1. The predicted molar refractivity (Wildman–Crippen MR) is 101 cm³/mol. The molecule has 28 heavy (non-hydrogen) atoms. The zero-order chi connectivity index (χ0) is 20.5. The van der Waals surface area contributed by atoms with Crippen LogP contribution < -0.4 is 5.43 Å². The summed E-state index contributed by atoms with van der Waals surface area (Å²) in [6, 6.07) is 6.61.